The van der Waals surface area contributed by atoms with Gasteiger partial charge in [-0.3, -0.25) is 4.79 Å². The van der Waals surface area contributed by atoms with Crippen LogP contribution in [0.15, 0.2) is 27.5 Å². The van der Waals surface area contributed by atoms with E-state index in [0.717, 1.165) is 0 Å². The number of aromatic nitrogens is 3. The van der Waals surface area contributed by atoms with E-state index in [9.17, 15) is 4.79 Å². The van der Waals surface area contributed by atoms with Crippen LogP contribution < -0.4 is 11.3 Å². The van der Waals surface area contributed by atoms with Gasteiger partial charge in [-0.2, -0.15) is 4.98 Å². The van der Waals surface area contributed by atoms with Gasteiger partial charge in [-0.25, -0.2) is 0 Å². The number of nitrogens with zero attached hydrogens (tertiary/aromatic N) is 2. The summed E-state index contributed by atoms with van der Waals surface area (Å²) in [6.45, 7) is 2.35. The van der Waals surface area contributed by atoms with Crippen LogP contribution in [0.3, 0.4) is 0 Å². The summed E-state index contributed by atoms with van der Waals surface area (Å²) in [4.78, 5) is 17.9. The Balaban J connectivity index is 2.35. The third-order valence-corrected chi connectivity index (χ3v) is 2.23. The monoisotopic (exact) mass is 220 g/mol. The minimum Gasteiger partial charge on any atom is -0.332 e. The first-order valence-corrected chi connectivity index (χ1v) is 4.94. The van der Waals surface area contributed by atoms with Crippen LogP contribution in [0.1, 0.15) is 18.7 Å². The normalized spacial score (nSPS) is 12.6. The van der Waals surface area contributed by atoms with E-state index in [-0.39, 0.29) is 11.5 Å². The van der Waals surface area contributed by atoms with E-state index in [1.165, 1.54) is 6.07 Å². The number of H-pyrrole nitrogens is 1. The molecule has 2 heterocycles. The second-order valence-electron chi connectivity index (χ2n) is 3.52. The fourth-order valence-corrected chi connectivity index (χ4v) is 1.22. The number of nitrogens with one attached hydrogen (secondary N) is 1. The summed E-state index contributed by atoms with van der Waals surface area (Å²) in [7, 11) is 0. The van der Waals surface area contributed by atoms with Gasteiger partial charge >= 0.3 is 0 Å². The molecule has 0 aliphatic carbocycles. The Bertz CT molecular complexity index is 531. The average Bonchev–Trinajstić information content (AvgIpc) is 2.77. The van der Waals surface area contributed by atoms with Gasteiger partial charge in [-0.15, -0.1) is 0 Å². The van der Waals surface area contributed by atoms with Gasteiger partial charge in [-0.05, 0) is 6.07 Å². The van der Waals surface area contributed by atoms with Crippen LogP contribution in [0.5, 0.6) is 0 Å². The topological polar surface area (TPSA) is 97.8 Å². The molecule has 0 aliphatic heterocycles. The zero-order valence-electron chi connectivity index (χ0n) is 8.80. The molecule has 0 saturated heterocycles. The number of nitrogens with two attached hydrogens (primary N) is 1. The molecule has 1 unspecified atom stereocenters. The van der Waals surface area contributed by atoms with E-state index in [0.29, 0.717) is 24.0 Å². The van der Waals surface area contributed by atoms with E-state index >= 15 is 0 Å². The van der Waals surface area contributed by atoms with Crippen molar-refractivity contribution in [1.29, 1.82) is 0 Å². The number of rotatable bonds is 3. The Morgan fingerprint density at radius 2 is 2.38 bits per heavy atom. The lowest BCUT2D eigenvalue weighted by Crippen LogP contribution is -2.10. The first-order chi connectivity index (χ1) is 7.70. The van der Waals surface area contributed by atoms with Crippen molar-refractivity contribution in [2.24, 2.45) is 5.73 Å². The van der Waals surface area contributed by atoms with Gasteiger partial charge in [0.05, 0.1) is 0 Å². The zero-order valence-corrected chi connectivity index (χ0v) is 8.80. The summed E-state index contributed by atoms with van der Waals surface area (Å²) in [5.74, 6) is 0.878. The Morgan fingerprint density at radius 3 is 3.06 bits per heavy atom. The largest absolute Gasteiger partial charge is 0.332 e. The van der Waals surface area contributed by atoms with Crippen LogP contribution >= 0.6 is 0 Å². The minimum absolute atomic E-state index is 0.0351. The molecule has 2 aromatic rings. The smallest absolute Gasteiger partial charge is 0.274 e. The quantitative estimate of drug-likeness (QED) is 0.784. The predicted molar refractivity (Wildman–Crippen MR) is 57.8 cm³/mol. The van der Waals surface area contributed by atoms with E-state index in [1.54, 1.807) is 12.1 Å². The Kier molecular flexibility index (Phi) is 2.82. The van der Waals surface area contributed by atoms with Crippen LogP contribution in [-0.2, 0) is 0 Å². The van der Waals surface area contributed by atoms with Gasteiger partial charge < -0.3 is 15.2 Å². The lowest BCUT2D eigenvalue weighted by atomic mass is 10.2. The molecule has 0 bridgehead atoms. The van der Waals surface area contributed by atoms with E-state index in [2.05, 4.69) is 15.1 Å². The summed E-state index contributed by atoms with van der Waals surface area (Å²) in [5, 5.41) is 3.80. The van der Waals surface area contributed by atoms with Crippen molar-refractivity contribution in [3.05, 3.63) is 34.4 Å². The Hall–Kier alpha value is -1.95. The summed E-state index contributed by atoms with van der Waals surface area (Å²) >= 11 is 0. The highest BCUT2D eigenvalue weighted by Gasteiger charge is 2.13. The average molecular weight is 220 g/mol. The molecule has 0 saturated carbocycles. The minimum atomic E-state index is -0.205. The summed E-state index contributed by atoms with van der Waals surface area (Å²) in [6.07, 6.45) is 0. The van der Waals surface area contributed by atoms with Crippen LogP contribution in [-0.4, -0.2) is 21.7 Å². The molecule has 0 amide bonds. The standard InChI is InChI=1S/C10H12N4O2/c1-6(5-11)9-13-10(16-14-9)7-3-2-4-8(15)12-7/h2-4,6H,5,11H2,1H3,(H,12,15). The second-order valence-corrected chi connectivity index (χ2v) is 3.52. The third-order valence-electron chi connectivity index (χ3n) is 2.23. The maximum Gasteiger partial charge on any atom is 0.274 e. The maximum atomic E-state index is 11.1. The van der Waals surface area contributed by atoms with Crippen molar-refractivity contribution in [1.82, 2.24) is 15.1 Å². The lowest BCUT2D eigenvalue weighted by Gasteiger charge is -1.98. The highest BCUT2D eigenvalue weighted by atomic mass is 16.5. The number of aromatic amines is 1. The molecule has 0 radical (unpaired) electrons. The molecule has 6 nitrogen and oxygen atoms in total. The molecule has 0 aromatic carbocycles. The molecule has 0 fully saturated rings. The highest BCUT2D eigenvalue weighted by Crippen LogP contribution is 2.16. The molecule has 0 aliphatic rings. The summed E-state index contributed by atoms with van der Waals surface area (Å²) in [6, 6.07) is 4.75. The van der Waals surface area contributed by atoms with Gasteiger partial charge in [0.1, 0.15) is 5.69 Å². The van der Waals surface area contributed by atoms with Crippen molar-refractivity contribution in [2.45, 2.75) is 12.8 Å². The van der Waals surface area contributed by atoms with Crippen molar-refractivity contribution >= 4 is 0 Å². The van der Waals surface area contributed by atoms with Gasteiger partial charge in [-0.1, -0.05) is 18.1 Å². The van der Waals surface area contributed by atoms with Crippen molar-refractivity contribution in [3.8, 4) is 11.6 Å². The SMILES string of the molecule is CC(CN)c1noc(-c2cccc(=O)[nH]2)n1. The lowest BCUT2D eigenvalue weighted by molar-refractivity contribution is 0.416. The molecule has 0 spiro atoms. The summed E-state index contributed by atoms with van der Waals surface area (Å²) < 4.78 is 5.04. The van der Waals surface area contributed by atoms with Gasteiger partial charge in [0.15, 0.2) is 5.82 Å². The first-order valence-electron chi connectivity index (χ1n) is 4.94. The van der Waals surface area contributed by atoms with Gasteiger partial charge in [0, 0.05) is 18.5 Å². The number of hydrogen-bond acceptors (Lipinski definition) is 5. The molecular formula is C10H12N4O2. The Labute approximate surface area is 91.5 Å². The molecular weight excluding hydrogens is 208 g/mol. The van der Waals surface area contributed by atoms with E-state index in [4.69, 9.17) is 10.3 Å². The van der Waals surface area contributed by atoms with Crippen molar-refractivity contribution < 1.29 is 4.52 Å². The van der Waals surface area contributed by atoms with E-state index < -0.39 is 0 Å². The van der Waals surface area contributed by atoms with Crippen molar-refractivity contribution in [3.63, 3.8) is 0 Å². The van der Waals surface area contributed by atoms with Crippen molar-refractivity contribution in [2.75, 3.05) is 6.54 Å². The fraction of sp³-hybridized carbons (Fsp3) is 0.300. The third kappa shape index (κ3) is 2.01. The molecule has 2 aromatic heterocycles. The first kappa shape index (κ1) is 10.6. The second kappa shape index (κ2) is 4.28. The highest BCUT2D eigenvalue weighted by molar-refractivity contribution is 5.45. The van der Waals surface area contributed by atoms with E-state index in [1.807, 2.05) is 6.92 Å². The molecule has 1 atom stereocenters. The zero-order chi connectivity index (χ0) is 11.5. The van der Waals surface area contributed by atoms with Crippen LogP contribution in [0, 0.1) is 0 Å². The summed E-state index contributed by atoms with van der Waals surface area (Å²) in [5.41, 5.74) is 5.80. The Morgan fingerprint density at radius 1 is 1.56 bits per heavy atom. The molecule has 2 rings (SSSR count). The van der Waals surface area contributed by atoms with Gasteiger partial charge in [0.25, 0.3) is 5.89 Å². The van der Waals surface area contributed by atoms with Gasteiger partial charge in [0.2, 0.25) is 5.56 Å². The van der Waals surface area contributed by atoms with Crippen LogP contribution in [0.4, 0.5) is 0 Å². The van der Waals surface area contributed by atoms with Crippen LogP contribution in [0.2, 0.25) is 0 Å². The molecule has 3 N–H and O–H groups in total. The molecule has 16 heavy (non-hydrogen) atoms. The van der Waals surface area contributed by atoms with Crippen LogP contribution in [0.25, 0.3) is 11.6 Å². The number of hydrogen-bond donors (Lipinski definition) is 2. The number of pyridine rings is 1. The molecule has 84 valence electrons. The predicted octanol–water partition coefficient (Wildman–Crippen LogP) is 0.487. The fourth-order valence-electron chi connectivity index (χ4n) is 1.22. The maximum absolute atomic E-state index is 11.1. The molecule has 6 heteroatoms.